The Balaban J connectivity index is 1.47. The molecule has 0 unspecified atom stereocenters. The summed E-state index contributed by atoms with van der Waals surface area (Å²) >= 11 is 2.21. The molecular formula is C31H42IN7O4. The highest BCUT2D eigenvalue weighted by Gasteiger charge is 2.28. The summed E-state index contributed by atoms with van der Waals surface area (Å²) in [6.07, 6.45) is -0.450. The molecule has 0 bridgehead atoms. The number of halogens is 1. The fourth-order valence-electron chi connectivity index (χ4n) is 5.03. The molecule has 43 heavy (non-hydrogen) atoms. The topological polar surface area (TPSA) is 103 Å². The average molecular weight is 704 g/mol. The van der Waals surface area contributed by atoms with E-state index in [1.807, 2.05) is 75.6 Å². The second kappa shape index (κ2) is 13.5. The first-order valence-corrected chi connectivity index (χ1v) is 15.6. The number of nitrogens with one attached hydrogen (secondary N) is 1. The number of aromatic nitrogens is 2. The van der Waals surface area contributed by atoms with Crippen LogP contribution in [0.15, 0.2) is 36.4 Å². The molecule has 0 atom stereocenters. The van der Waals surface area contributed by atoms with Crippen LogP contribution in [-0.2, 0) is 34.5 Å². The first kappa shape index (κ1) is 32.5. The molecule has 3 amide bonds. The predicted molar refractivity (Wildman–Crippen MR) is 175 cm³/mol. The number of amides is 3. The van der Waals surface area contributed by atoms with Crippen LogP contribution >= 0.6 is 22.6 Å². The molecule has 11 nitrogen and oxygen atoms in total. The molecule has 4 rings (SSSR count). The highest BCUT2D eigenvalue weighted by atomic mass is 127. The lowest BCUT2D eigenvalue weighted by Gasteiger charge is -2.32. The van der Waals surface area contributed by atoms with Crippen molar-refractivity contribution >= 4 is 57.1 Å². The Labute approximate surface area is 267 Å². The predicted octanol–water partition coefficient (Wildman–Crippen LogP) is 4.37. The van der Waals surface area contributed by atoms with E-state index in [0.717, 1.165) is 25.9 Å². The van der Waals surface area contributed by atoms with Gasteiger partial charge in [0.1, 0.15) is 15.8 Å². The van der Waals surface area contributed by atoms with Crippen LogP contribution in [0.4, 0.5) is 10.5 Å². The van der Waals surface area contributed by atoms with Crippen molar-refractivity contribution < 1.29 is 19.1 Å². The van der Waals surface area contributed by atoms with Crippen LogP contribution in [0, 0.1) is 10.6 Å². The number of aryl methyl sites for hydroxylation is 2. The van der Waals surface area contributed by atoms with Gasteiger partial charge in [-0.3, -0.25) is 19.3 Å². The molecule has 0 fully saturated rings. The molecule has 1 N–H and O–H groups in total. The largest absolute Gasteiger partial charge is 0.444 e. The third kappa shape index (κ3) is 7.96. The number of anilines is 1. The molecule has 1 aliphatic rings. The maximum absolute atomic E-state index is 13.6. The van der Waals surface area contributed by atoms with Gasteiger partial charge in [0.05, 0.1) is 12.1 Å². The summed E-state index contributed by atoms with van der Waals surface area (Å²) in [6.45, 7) is 11.3. The molecule has 0 saturated carbocycles. The molecule has 232 valence electrons. The normalized spacial score (nSPS) is 13.1. The van der Waals surface area contributed by atoms with Crippen molar-refractivity contribution in [1.29, 1.82) is 0 Å². The summed E-state index contributed by atoms with van der Waals surface area (Å²) in [4.78, 5) is 43.0. The lowest BCUT2D eigenvalue weighted by Crippen LogP contribution is -2.50. The van der Waals surface area contributed by atoms with Crippen molar-refractivity contribution in [2.24, 2.45) is 7.05 Å². The van der Waals surface area contributed by atoms with E-state index in [1.165, 1.54) is 16.0 Å². The van der Waals surface area contributed by atoms with E-state index in [-0.39, 0.29) is 38.0 Å². The summed E-state index contributed by atoms with van der Waals surface area (Å²) in [5, 5.41) is 12.3. The van der Waals surface area contributed by atoms with Crippen LogP contribution in [0.1, 0.15) is 44.4 Å². The minimum atomic E-state index is -0.638. The molecule has 0 saturated heterocycles. The number of benzene rings is 2. The van der Waals surface area contributed by atoms with Gasteiger partial charge in [0, 0.05) is 57.9 Å². The fraction of sp³-hybridized carbons (Fsp3) is 0.484. The number of likely N-dealkylation sites (N-methyl/N-ethyl adjacent to an activating group) is 2. The molecule has 2 heterocycles. The van der Waals surface area contributed by atoms with Gasteiger partial charge in [-0.15, -0.1) is 0 Å². The third-order valence-corrected chi connectivity index (χ3v) is 8.34. The first-order chi connectivity index (χ1) is 20.3. The van der Waals surface area contributed by atoms with Gasteiger partial charge in [0.15, 0.2) is 0 Å². The van der Waals surface area contributed by atoms with Crippen molar-refractivity contribution in [3.05, 3.63) is 56.8 Å². The quantitative estimate of drug-likeness (QED) is 0.313. The number of hydrogen-bond acceptors (Lipinski definition) is 7. The summed E-state index contributed by atoms with van der Waals surface area (Å²) in [5.74, 6) is -0.448. The Morgan fingerprint density at radius 1 is 1.05 bits per heavy atom. The molecule has 1 aromatic heterocycles. The zero-order valence-electron chi connectivity index (χ0n) is 26.1. The Kier molecular flexibility index (Phi) is 10.2. The van der Waals surface area contributed by atoms with Crippen molar-refractivity contribution in [1.82, 2.24) is 29.6 Å². The van der Waals surface area contributed by atoms with E-state index in [0.29, 0.717) is 19.6 Å². The van der Waals surface area contributed by atoms with Crippen LogP contribution in [-0.4, -0.2) is 92.9 Å². The second-order valence-corrected chi connectivity index (χ2v) is 12.9. The van der Waals surface area contributed by atoms with E-state index in [4.69, 9.17) is 4.74 Å². The molecule has 1 aliphatic heterocycles. The van der Waals surface area contributed by atoms with Crippen LogP contribution < -0.4 is 5.32 Å². The molecule has 0 spiro atoms. The lowest BCUT2D eigenvalue weighted by atomic mass is 10.1. The third-order valence-electron chi connectivity index (χ3n) is 7.54. The van der Waals surface area contributed by atoms with Gasteiger partial charge in [0.25, 0.3) is 5.91 Å². The second-order valence-electron chi connectivity index (χ2n) is 11.8. The Bertz CT molecular complexity index is 1470. The number of hydrogen-bond donors (Lipinski definition) is 1. The number of ether oxygens (including phenoxy) is 1. The average Bonchev–Trinajstić information content (AvgIpc) is 3.49. The van der Waals surface area contributed by atoms with Crippen LogP contribution in [0.3, 0.4) is 0 Å². The monoisotopic (exact) mass is 703 g/mol. The first-order valence-electron chi connectivity index (χ1n) is 14.5. The van der Waals surface area contributed by atoms with Crippen molar-refractivity contribution in [3.8, 4) is 0 Å². The Hall–Kier alpha value is -3.39. The SMILES string of the molecule is CCN(CCN(CC(=O)N(C)N1Cc2ccccc2C1)C(=O)CNc1cc2c(I)nn(C)c2cc1C)C(=O)OC(C)(C)C. The van der Waals surface area contributed by atoms with Crippen molar-refractivity contribution in [2.45, 2.75) is 53.3 Å². The number of carbonyl (C=O) groups excluding carboxylic acids is 3. The van der Waals surface area contributed by atoms with E-state index in [1.54, 1.807) is 17.0 Å². The van der Waals surface area contributed by atoms with Crippen LogP contribution in [0.5, 0.6) is 0 Å². The zero-order valence-corrected chi connectivity index (χ0v) is 28.3. The van der Waals surface area contributed by atoms with Gasteiger partial charge in [-0.1, -0.05) is 24.3 Å². The van der Waals surface area contributed by atoms with Gasteiger partial charge in [-0.05, 0) is 86.0 Å². The van der Waals surface area contributed by atoms with Crippen molar-refractivity contribution in [2.75, 3.05) is 45.1 Å². The summed E-state index contributed by atoms with van der Waals surface area (Å²) < 4.78 is 8.27. The molecule has 0 aliphatic carbocycles. The minimum Gasteiger partial charge on any atom is -0.444 e. The smallest absolute Gasteiger partial charge is 0.410 e. The number of fused-ring (bicyclic) bond motifs is 2. The highest BCUT2D eigenvalue weighted by molar-refractivity contribution is 14.1. The van der Waals surface area contributed by atoms with Gasteiger partial charge in [-0.25, -0.2) is 9.80 Å². The molecule has 3 aromatic rings. The van der Waals surface area contributed by atoms with Gasteiger partial charge in [-0.2, -0.15) is 5.10 Å². The number of carbonyl (C=O) groups is 3. The molecule has 12 heteroatoms. The maximum Gasteiger partial charge on any atom is 0.410 e. The minimum absolute atomic E-state index is 0.00605. The number of hydrazine groups is 1. The van der Waals surface area contributed by atoms with Gasteiger partial charge >= 0.3 is 6.09 Å². The summed E-state index contributed by atoms with van der Waals surface area (Å²) in [5.41, 5.74) is 4.56. The number of nitrogens with zero attached hydrogens (tertiary/aromatic N) is 6. The Morgan fingerprint density at radius 2 is 1.67 bits per heavy atom. The van der Waals surface area contributed by atoms with E-state index in [2.05, 4.69) is 45.1 Å². The molecular weight excluding hydrogens is 661 g/mol. The van der Waals surface area contributed by atoms with Gasteiger partial charge in [0.2, 0.25) is 5.91 Å². The van der Waals surface area contributed by atoms with Crippen LogP contribution in [0.2, 0.25) is 0 Å². The Morgan fingerprint density at radius 3 is 2.28 bits per heavy atom. The molecule has 2 aromatic carbocycles. The molecule has 0 radical (unpaired) electrons. The van der Waals surface area contributed by atoms with E-state index in [9.17, 15) is 14.4 Å². The maximum atomic E-state index is 13.6. The van der Waals surface area contributed by atoms with Crippen LogP contribution in [0.25, 0.3) is 10.9 Å². The number of rotatable bonds is 10. The van der Waals surface area contributed by atoms with Gasteiger partial charge < -0.3 is 19.9 Å². The fourth-order valence-corrected chi connectivity index (χ4v) is 5.78. The highest BCUT2D eigenvalue weighted by Crippen LogP contribution is 2.27. The van der Waals surface area contributed by atoms with E-state index >= 15 is 0 Å². The lowest BCUT2D eigenvalue weighted by molar-refractivity contribution is -0.151. The summed E-state index contributed by atoms with van der Waals surface area (Å²) in [7, 11) is 3.65. The summed E-state index contributed by atoms with van der Waals surface area (Å²) in [6, 6.07) is 12.2. The zero-order chi connectivity index (χ0) is 31.5. The van der Waals surface area contributed by atoms with Crippen molar-refractivity contribution in [3.63, 3.8) is 0 Å². The van der Waals surface area contributed by atoms with E-state index < -0.39 is 11.7 Å². The standard InChI is InChI=1S/C31H42IN7O4/c1-8-37(30(42)43-31(3,4)5)13-14-38(20-28(41)36(7)39-18-22-11-9-10-12-23(22)19-39)27(40)17-33-25-16-24-26(15-21(25)2)35(6)34-29(24)32/h9-12,15-16,33H,8,13-14,17-20H2,1-7H3.